The number of nitrogen functional groups attached to an aromatic ring is 1. The number of ether oxygens (including phenoxy) is 1. The van der Waals surface area contributed by atoms with Crippen LogP contribution in [0.4, 0.5) is 5.69 Å². The van der Waals surface area contributed by atoms with E-state index in [1.54, 1.807) is 0 Å². The Morgan fingerprint density at radius 1 is 0.882 bits per heavy atom. The Morgan fingerprint density at radius 2 is 1.35 bits per heavy atom. The molecule has 0 fully saturated rings. The molecule has 2 aromatic rings. The molecule has 0 unspecified atom stereocenters. The molecule has 17 heavy (non-hydrogen) atoms. The smallest absolute Gasteiger partial charge is 0.169 e. The van der Waals surface area contributed by atoms with Gasteiger partial charge in [0.15, 0.2) is 6.71 Å². The van der Waals surface area contributed by atoms with Crippen molar-refractivity contribution in [2.45, 2.75) is 13.6 Å². The highest BCUT2D eigenvalue weighted by Crippen LogP contribution is 2.21. The van der Waals surface area contributed by atoms with Crippen molar-refractivity contribution >= 4 is 17.9 Å². The van der Waals surface area contributed by atoms with Gasteiger partial charge in [-0.1, -0.05) is 31.2 Å². The molecule has 0 saturated heterocycles. The third-order valence-electron chi connectivity index (χ3n) is 2.66. The van der Waals surface area contributed by atoms with E-state index in [1.807, 2.05) is 36.4 Å². The number of benzene rings is 2. The van der Waals surface area contributed by atoms with Crippen LogP contribution in [0, 0.1) is 0 Å². The van der Waals surface area contributed by atoms with Crippen molar-refractivity contribution in [2.24, 2.45) is 0 Å². The fourth-order valence-corrected chi connectivity index (χ4v) is 1.59. The molecule has 0 aliphatic heterocycles. The van der Waals surface area contributed by atoms with Gasteiger partial charge < -0.3 is 10.5 Å². The molecule has 0 aliphatic carbocycles. The molecule has 88 valence electrons. The molecule has 2 rings (SSSR count). The van der Waals surface area contributed by atoms with E-state index in [0.29, 0.717) is 6.71 Å². The van der Waals surface area contributed by atoms with Crippen LogP contribution in [-0.2, 0) is 0 Å². The molecule has 0 amide bonds. The van der Waals surface area contributed by atoms with Gasteiger partial charge in [0.1, 0.15) is 11.5 Å². The second-order valence-corrected chi connectivity index (χ2v) is 4.39. The fraction of sp³-hybridized carbons (Fsp3) is 0.143. The summed E-state index contributed by atoms with van der Waals surface area (Å²) in [5, 5.41) is 0. The third-order valence-corrected chi connectivity index (χ3v) is 2.66. The zero-order valence-corrected chi connectivity index (χ0v) is 10.2. The summed E-state index contributed by atoms with van der Waals surface area (Å²) in [5.74, 6) is 1.65. The second-order valence-electron chi connectivity index (χ2n) is 4.39. The first kappa shape index (κ1) is 11.6. The summed E-state index contributed by atoms with van der Waals surface area (Å²) in [4.78, 5) is 0. The van der Waals surface area contributed by atoms with Crippen LogP contribution in [0.3, 0.4) is 0 Å². The zero-order valence-electron chi connectivity index (χ0n) is 10.2. The van der Waals surface area contributed by atoms with Crippen LogP contribution >= 0.6 is 0 Å². The van der Waals surface area contributed by atoms with Crippen molar-refractivity contribution in [1.82, 2.24) is 0 Å². The molecular weight excluding hydrogens is 209 g/mol. The largest absolute Gasteiger partial charge is 0.457 e. The van der Waals surface area contributed by atoms with E-state index in [0.717, 1.165) is 17.2 Å². The second kappa shape index (κ2) is 4.96. The number of rotatable bonds is 3. The standard InChI is InChI=1S/C14H16BNO.H2/c1-15(2)11-3-7-13(8-4-11)17-14-9-5-12(16)6-10-14;/h3-10H,16H2,1-2H3;1H. The minimum atomic E-state index is 0. The lowest BCUT2D eigenvalue weighted by molar-refractivity contribution is 0.483. The van der Waals surface area contributed by atoms with Crippen molar-refractivity contribution in [3.63, 3.8) is 0 Å². The third kappa shape index (κ3) is 3.03. The van der Waals surface area contributed by atoms with Crippen LogP contribution in [0.15, 0.2) is 48.5 Å². The Balaban J connectivity index is 0.00000162. The summed E-state index contributed by atoms with van der Waals surface area (Å²) in [6, 6.07) is 15.6. The Morgan fingerprint density at radius 3 is 1.82 bits per heavy atom. The van der Waals surface area contributed by atoms with Crippen LogP contribution in [-0.4, -0.2) is 6.71 Å². The average Bonchev–Trinajstić information content (AvgIpc) is 2.33. The Bertz CT molecular complexity index is 482. The molecule has 0 spiro atoms. The minimum absolute atomic E-state index is 0. The van der Waals surface area contributed by atoms with Gasteiger partial charge in [-0.25, -0.2) is 0 Å². The van der Waals surface area contributed by atoms with Gasteiger partial charge in [0.05, 0.1) is 0 Å². The molecule has 0 aliphatic rings. The van der Waals surface area contributed by atoms with Crippen LogP contribution in [0.2, 0.25) is 13.6 Å². The van der Waals surface area contributed by atoms with Crippen molar-refractivity contribution < 1.29 is 6.16 Å². The molecule has 2 N–H and O–H groups in total. The lowest BCUT2D eigenvalue weighted by atomic mass is 9.49. The fourth-order valence-electron chi connectivity index (χ4n) is 1.59. The summed E-state index contributed by atoms with van der Waals surface area (Å²) in [7, 11) is 0. The van der Waals surface area contributed by atoms with Gasteiger partial charge in [-0.3, -0.25) is 0 Å². The Kier molecular flexibility index (Phi) is 3.38. The van der Waals surface area contributed by atoms with E-state index in [1.165, 1.54) is 5.46 Å². The molecule has 2 aromatic carbocycles. The SMILES string of the molecule is CB(C)c1ccc(Oc2ccc(N)cc2)cc1.[HH]. The van der Waals surface area contributed by atoms with E-state index in [9.17, 15) is 0 Å². The number of anilines is 1. The Hall–Kier alpha value is -1.90. The highest BCUT2D eigenvalue weighted by molar-refractivity contribution is 6.70. The lowest BCUT2D eigenvalue weighted by Crippen LogP contribution is -2.21. The monoisotopic (exact) mass is 227 g/mol. The first-order valence-corrected chi connectivity index (χ1v) is 5.78. The van der Waals surface area contributed by atoms with Gasteiger partial charge in [-0.05, 0) is 36.4 Å². The van der Waals surface area contributed by atoms with E-state index in [-0.39, 0.29) is 1.43 Å². The molecule has 0 atom stereocenters. The van der Waals surface area contributed by atoms with Gasteiger partial charge >= 0.3 is 0 Å². The minimum Gasteiger partial charge on any atom is -0.457 e. The quantitative estimate of drug-likeness (QED) is 0.645. The molecule has 0 heterocycles. The van der Waals surface area contributed by atoms with Crippen LogP contribution in [0.25, 0.3) is 0 Å². The number of nitrogens with two attached hydrogens (primary N) is 1. The van der Waals surface area contributed by atoms with Gasteiger partial charge in [-0.2, -0.15) is 0 Å². The summed E-state index contributed by atoms with van der Waals surface area (Å²) < 4.78 is 5.71. The molecule has 0 radical (unpaired) electrons. The zero-order chi connectivity index (χ0) is 12.3. The normalized spacial score (nSPS) is 10.0. The molecule has 0 saturated carbocycles. The maximum Gasteiger partial charge on any atom is 0.169 e. The first-order chi connectivity index (χ1) is 8.15. The van der Waals surface area contributed by atoms with Crippen LogP contribution < -0.4 is 15.9 Å². The summed E-state index contributed by atoms with van der Waals surface area (Å²) in [6.07, 6.45) is 0. The summed E-state index contributed by atoms with van der Waals surface area (Å²) >= 11 is 0. The lowest BCUT2D eigenvalue weighted by Gasteiger charge is -2.07. The van der Waals surface area contributed by atoms with E-state index in [2.05, 4.69) is 25.8 Å². The maximum atomic E-state index is 5.71. The predicted octanol–water partition coefficient (Wildman–Crippen LogP) is 3.27. The average molecular weight is 227 g/mol. The molecule has 2 nitrogen and oxygen atoms in total. The highest BCUT2D eigenvalue weighted by atomic mass is 16.5. The van der Waals surface area contributed by atoms with E-state index in [4.69, 9.17) is 10.5 Å². The van der Waals surface area contributed by atoms with Crippen molar-refractivity contribution in [3.8, 4) is 11.5 Å². The summed E-state index contributed by atoms with van der Waals surface area (Å²) in [5.41, 5.74) is 7.68. The van der Waals surface area contributed by atoms with E-state index >= 15 is 0 Å². The maximum absolute atomic E-state index is 5.71. The molecular formula is C14H18BNO. The number of hydrogen-bond donors (Lipinski definition) is 1. The summed E-state index contributed by atoms with van der Waals surface area (Å²) in [6.45, 7) is 4.90. The molecule has 0 aromatic heterocycles. The van der Waals surface area contributed by atoms with Gasteiger partial charge in [0, 0.05) is 7.11 Å². The van der Waals surface area contributed by atoms with Crippen LogP contribution in [0.5, 0.6) is 11.5 Å². The highest BCUT2D eigenvalue weighted by Gasteiger charge is 2.03. The first-order valence-electron chi connectivity index (χ1n) is 5.78. The van der Waals surface area contributed by atoms with Gasteiger partial charge in [0.25, 0.3) is 0 Å². The Labute approximate surface area is 104 Å². The predicted molar refractivity (Wildman–Crippen MR) is 76.6 cm³/mol. The number of hydrogen-bond acceptors (Lipinski definition) is 2. The van der Waals surface area contributed by atoms with Crippen molar-refractivity contribution in [2.75, 3.05) is 5.73 Å². The topological polar surface area (TPSA) is 35.2 Å². The van der Waals surface area contributed by atoms with E-state index < -0.39 is 0 Å². The van der Waals surface area contributed by atoms with Crippen molar-refractivity contribution in [3.05, 3.63) is 48.5 Å². The molecule has 3 heteroatoms. The van der Waals surface area contributed by atoms with Gasteiger partial charge in [0.2, 0.25) is 0 Å². The molecule has 0 bridgehead atoms. The van der Waals surface area contributed by atoms with Crippen molar-refractivity contribution in [1.29, 1.82) is 0 Å². The van der Waals surface area contributed by atoms with Crippen LogP contribution in [0.1, 0.15) is 1.43 Å². The van der Waals surface area contributed by atoms with Gasteiger partial charge in [-0.15, -0.1) is 0 Å².